The molecular weight excluding hydrogens is 300 g/mol. The first kappa shape index (κ1) is 15.0. The van der Waals surface area contributed by atoms with E-state index in [1.165, 1.54) is 12.2 Å². The molecule has 0 radical (unpaired) electrons. The molecule has 0 amide bonds. The Labute approximate surface area is 135 Å². The molecule has 1 saturated heterocycles. The van der Waals surface area contributed by atoms with Gasteiger partial charge < -0.3 is 5.32 Å². The van der Waals surface area contributed by atoms with Crippen LogP contribution in [-0.4, -0.2) is 22.5 Å². The molecule has 2 nitrogen and oxygen atoms in total. The molecule has 0 saturated carbocycles. The van der Waals surface area contributed by atoms with Gasteiger partial charge in [0.05, 0.1) is 16.2 Å². The molecule has 1 unspecified atom stereocenters. The van der Waals surface area contributed by atoms with Crippen molar-refractivity contribution in [3.8, 4) is 0 Å². The van der Waals surface area contributed by atoms with Gasteiger partial charge in [-0.25, -0.2) is 0 Å². The second kappa shape index (κ2) is 5.69. The molecule has 1 aromatic carbocycles. The highest BCUT2D eigenvalue weighted by Gasteiger charge is 2.33. The van der Waals surface area contributed by atoms with Crippen molar-refractivity contribution in [2.75, 3.05) is 16.8 Å². The van der Waals surface area contributed by atoms with Gasteiger partial charge in [-0.05, 0) is 48.3 Å². The monoisotopic (exact) mass is 320 g/mol. The Morgan fingerprint density at radius 1 is 1.43 bits per heavy atom. The zero-order valence-electron chi connectivity index (χ0n) is 12.7. The van der Waals surface area contributed by atoms with Gasteiger partial charge in [-0.2, -0.15) is 11.8 Å². The van der Waals surface area contributed by atoms with Crippen LogP contribution in [0.25, 0.3) is 10.9 Å². The van der Waals surface area contributed by atoms with Crippen molar-refractivity contribution in [1.82, 2.24) is 4.98 Å². The summed E-state index contributed by atoms with van der Waals surface area (Å²) < 4.78 is 0. The average molecular weight is 321 g/mol. The van der Waals surface area contributed by atoms with E-state index < -0.39 is 0 Å². The first-order valence-electron chi connectivity index (χ1n) is 7.37. The molecule has 21 heavy (non-hydrogen) atoms. The number of pyridine rings is 1. The molecule has 1 fully saturated rings. The zero-order chi connectivity index (χ0) is 15.0. The Hall–Kier alpha value is -0.930. The highest BCUT2D eigenvalue weighted by Crippen LogP contribution is 2.39. The Balaban J connectivity index is 2.04. The Morgan fingerprint density at radius 2 is 2.24 bits per heavy atom. The molecule has 2 heterocycles. The molecule has 0 spiro atoms. The second-order valence-electron chi connectivity index (χ2n) is 6.46. The van der Waals surface area contributed by atoms with E-state index in [-0.39, 0.29) is 5.41 Å². The van der Waals surface area contributed by atoms with Crippen molar-refractivity contribution in [3.05, 3.63) is 35.0 Å². The number of thioether (sulfide) groups is 1. The topological polar surface area (TPSA) is 24.9 Å². The van der Waals surface area contributed by atoms with Crippen LogP contribution in [0.2, 0.25) is 5.02 Å². The molecule has 3 rings (SSSR count). The van der Waals surface area contributed by atoms with Crippen LogP contribution in [0.4, 0.5) is 5.69 Å². The SMILES string of the molecule is Cc1cc(Cl)c(NC2CSCCC2(C)C)c2cccnc12. The quantitative estimate of drug-likeness (QED) is 0.829. The summed E-state index contributed by atoms with van der Waals surface area (Å²) in [6, 6.07) is 6.53. The highest BCUT2D eigenvalue weighted by molar-refractivity contribution is 7.99. The summed E-state index contributed by atoms with van der Waals surface area (Å²) in [5.74, 6) is 2.37. The Morgan fingerprint density at radius 3 is 3.00 bits per heavy atom. The lowest BCUT2D eigenvalue weighted by atomic mass is 9.82. The number of hydrogen-bond acceptors (Lipinski definition) is 3. The minimum Gasteiger partial charge on any atom is -0.379 e. The zero-order valence-corrected chi connectivity index (χ0v) is 14.3. The first-order chi connectivity index (χ1) is 9.99. The molecular formula is C17H21ClN2S. The van der Waals surface area contributed by atoms with Crippen LogP contribution >= 0.6 is 23.4 Å². The van der Waals surface area contributed by atoms with Crippen molar-refractivity contribution in [3.63, 3.8) is 0 Å². The number of hydrogen-bond donors (Lipinski definition) is 1. The molecule has 0 bridgehead atoms. The fraction of sp³-hybridized carbons (Fsp3) is 0.471. The molecule has 1 aliphatic rings. The van der Waals surface area contributed by atoms with E-state index in [2.05, 4.69) is 37.1 Å². The normalized spacial score (nSPS) is 21.4. The highest BCUT2D eigenvalue weighted by atomic mass is 35.5. The van der Waals surface area contributed by atoms with E-state index in [0.29, 0.717) is 6.04 Å². The predicted octanol–water partition coefficient (Wildman–Crippen LogP) is 5.14. The lowest BCUT2D eigenvalue weighted by Gasteiger charge is -2.39. The molecule has 1 N–H and O–H groups in total. The lowest BCUT2D eigenvalue weighted by Crippen LogP contribution is -2.41. The van der Waals surface area contributed by atoms with E-state index in [4.69, 9.17) is 11.6 Å². The average Bonchev–Trinajstić information content (AvgIpc) is 2.44. The van der Waals surface area contributed by atoms with Crippen molar-refractivity contribution >= 4 is 40.0 Å². The number of rotatable bonds is 2. The van der Waals surface area contributed by atoms with Crippen molar-refractivity contribution in [2.45, 2.75) is 33.2 Å². The second-order valence-corrected chi connectivity index (χ2v) is 8.02. The van der Waals surface area contributed by atoms with Crippen LogP contribution in [0.15, 0.2) is 24.4 Å². The van der Waals surface area contributed by atoms with Gasteiger partial charge in [0.1, 0.15) is 0 Å². The number of benzene rings is 1. The smallest absolute Gasteiger partial charge is 0.0752 e. The van der Waals surface area contributed by atoms with Gasteiger partial charge in [0, 0.05) is 23.4 Å². The fourth-order valence-corrected chi connectivity index (χ4v) is 4.80. The van der Waals surface area contributed by atoms with Crippen LogP contribution in [0.3, 0.4) is 0 Å². The molecule has 1 aromatic heterocycles. The van der Waals surface area contributed by atoms with Gasteiger partial charge in [0.2, 0.25) is 0 Å². The maximum atomic E-state index is 6.52. The van der Waals surface area contributed by atoms with Gasteiger partial charge in [-0.3, -0.25) is 4.98 Å². The minimum atomic E-state index is 0.286. The van der Waals surface area contributed by atoms with Crippen molar-refractivity contribution in [1.29, 1.82) is 0 Å². The summed E-state index contributed by atoms with van der Waals surface area (Å²) in [5.41, 5.74) is 3.48. The van der Waals surface area contributed by atoms with E-state index >= 15 is 0 Å². The Bertz CT molecular complexity index is 669. The number of nitrogens with zero attached hydrogens (tertiary/aromatic N) is 1. The largest absolute Gasteiger partial charge is 0.379 e. The van der Waals surface area contributed by atoms with E-state index in [1.54, 1.807) is 0 Å². The van der Waals surface area contributed by atoms with E-state index in [0.717, 1.165) is 32.9 Å². The summed E-state index contributed by atoms with van der Waals surface area (Å²) in [7, 11) is 0. The van der Waals surface area contributed by atoms with Crippen molar-refractivity contribution in [2.24, 2.45) is 5.41 Å². The molecule has 112 valence electrons. The van der Waals surface area contributed by atoms with Crippen LogP contribution in [0.1, 0.15) is 25.8 Å². The van der Waals surface area contributed by atoms with Crippen LogP contribution in [-0.2, 0) is 0 Å². The van der Waals surface area contributed by atoms with Crippen LogP contribution < -0.4 is 5.32 Å². The molecule has 0 aliphatic carbocycles. The molecule has 4 heteroatoms. The number of nitrogens with one attached hydrogen (secondary N) is 1. The maximum Gasteiger partial charge on any atom is 0.0752 e. The summed E-state index contributed by atoms with van der Waals surface area (Å²) >= 11 is 8.54. The van der Waals surface area contributed by atoms with E-state index in [9.17, 15) is 0 Å². The van der Waals surface area contributed by atoms with Crippen LogP contribution in [0.5, 0.6) is 0 Å². The maximum absolute atomic E-state index is 6.52. The number of fused-ring (bicyclic) bond motifs is 1. The third-order valence-corrected chi connectivity index (χ3v) is 5.83. The fourth-order valence-electron chi connectivity index (χ4n) is 2.87. The summed E-state index contributed by atoms with van der Waals surface area (Å²) in [6.45, 7) is 6.74. The minimum absolute atomic E-state index is 0.286. The molecule has 1 aliphatic heterocycles. The summed E-state index contributed by atoms with van der Waals surface area (Å²) in [5, 5.41) is 5.63. The van der Waals surface area contributed by atoms with Gasteiger partial charge in [-0.1, -0.05) is 25.4 Å². The van der Waals surface area contributed by atoms with Crippen molar-refractivity contribution < 1.29 is 0 Å². The molecule has 2 aromatic rings. The van der Waals surface area contributed by atoms with Crippen LogP contribution in [0, 0.1) is 12.3 Å². The first-order valence-corrected chi connectivity index (χ1v) is 8.90. The third kappa shape index (κ3) is 2.86. The lowest BCUT2D eigenvalue weighted by molar-refractivity contribution is 0.305. The van der Waals surface area contributed by atoms with Gasteiger partial charge >= 0.3 is 0 Å². The summed E-state index contributed by atoms with van der Waals surface area (Å²) in [4.78, 5) is 4.51. The van der Waals surface area contributed by atoms with Gasteiger partial charge in [0.15, 0.2) is 0 Å². The third-order valence-electron chi connectivity index (χ3n) is 4.47. The van der Waals surface area contributed by atoms with Gasteiger partial charge in [-0.15, -0.1) is 0 Å². The van der Waals surface area contributed by atoms with E-state index in [1.807, 2.05) is 30.1 Å². The standard InChI is InChI=1S/C17H21ClN2S/c1-11-9-13(18)16(12-5-4-7-19-15(11)12)20-14-10-21-8-6-17(14,2)3/h4-5,7,9,14,20H,6,8,10H2,1-3H3. The number of halogens is 1. The Kier molecular flexibility index (Phi) is 4.06. The number of anilines is 1. The molecule has 1 atom stereocenters. The van der Waals surface area contributed by atoms with Gasteiger partial charge in [0.25, 0.3) is 0 Å². The predicted molar refractivity (Wildman–Crippen MR) is 94.6 cm³/mol. The number of aryl methyl sites for hydroxylation is 1. The number of aromatic nitrogens is 1. The summed E-state index contributed by atoms with van der Waals surface area (Å²) in [6.07, 6.45) is 3.07.